The first-order chi connectivity index (χ1) is 11.6. The summed E-state index contributed by atoms with van der Waals surface area (Å²) in [4.78, 5) is 27.5. The second kappa shape index (κ2) is 6.93. The second-order valence-electron chi connectivity index (χ2n) is 5.25. The van der Waals surface area contributed by atoms with Gasteiger partial charge in [0.1, 0.15) is 5.75 Å². The number of carbonyl (C=O) groups is 2. The van der Waals surface area contributed by atoms with Crippen molar-refractivity contribution >= 4 is 29.1 Å². The van der Waals surface area contributed by atoms with Gasteiger partial charge in [0.25, 0.3) is 11.8 Å². The molecule has 0 aromatic heterocycles. The molecule has 3 rings (SSSR count). The van der Waals surface area contributed by atoms with Gasteiger partial charge in [-0.05, 0) is 36.8 Å². The Morgan fingerprint density at radius 1 is 0.958 bits per heavy atom. The molecule has 5 heteroatoms. The summed E-state index contributed by atoms with van der Waals surface area (Å²) in [7, 11) is 1.51. The summed E-state index contributed by atoms with van der Waals surface area (Å²) in [5, 5.41) is 0. The molecular weight excluding hydrogens is 322 g/mol. The zero-order chi connectivity index (χ0) is 17.1. The van der Waals surface area contributed by atoms with Gasteiger partial charge >= 0.3 is 0 Å². The van der Waals surface area contributed by atoms with Crippen molar-refractivity contribution in [2.24, 2.45) is 0 Å². The second-order valence-corrected chi connectivity index (χ2v) is 6.33. The van der Waals surface area contributed by atoms with Crippen LogP contribution in [0.15, 0.2) is 64.4 Å². The minimum absolute atomic E-state index is 0.266. The SMILES string of the molecule is CCOc1ccc(C2=C(Sc3ccccc3)C(=O)N(C)C2=O)cc1. The Morgan fingerprint density at radius 2 is 1.62 bits per heavy atom. The van der Waals surface area contributed by atoms with E-state index in [0.717, 1.165) is 21.1 Å². The van der Waals surface area contributed by atoms with Gasteiger partial charge in [-0.15, -0.1) is 0 Å². The minimum atomic E-state index is -0.275. The van der Waals surface area contributed by atoms with Gasteiger partial charge in [-0.1, -0.05) is 42.1 Å². The quantitative estimate of drug-likeness (QED) is 0.781. The number of nitrogens with zero attached hydrogens (tertiary/aromatic N) is 1. The molecule has 1 heterocycles. The maximum atomic E-state index is 12.5. The molecule has 0 unspecified atom stereocenters. The van der Waals surface area contributed by atoms with Gasteiger partial charge in [0.2, 0.25) is 0 Å². The fourth-order valence-corrected chi connectivity index (χ4v) is 3.52. The lowest BCUT2D eigenvalue weighted by atomic mass is 10.1. The zero-order valence-corrected chi connectivity index (χ0v) is 14.3. The summed E-state index contributed by atoms with van der Waals surface area (Å²) in [5.41, 5.74) is 1.17. The van der Waals surface area contributed by atoms with Crippen molar-refractivity contribution in [3.05, 3.63) is 65.1 Å². The van der Waals surface area contributed by atoms with E-state index < -0.39 is 0 Å². The number of carbonyl (C=O) groups excluding carboxylic acids is 2. The van der Waals surface area contributed by atoms with Crippen LogP contribution in [0.1, 0.15) is 12.5 Å². The van der Waals surface area contributed by atoms with Crippen LogP contribution in [-0.4, -0.2) is 30.4 Å². The smallest absolute Gasteiger partial charge is 0.268 e. The number of amides is 2. The Morgan fingerprint density at radius 3 is 2.25 bits per heavy atom. The number of hydrogen-bond donors (Lipinski definition) is 0. The van der Waals surface area contributed by atoms with E-state index in [4.69, 9.17) is 4.74 Å². The Balaban J connectivity index is 2.01. The molecule has 0 saturated heterocycles. The number of likely N-dealkylation sites (N-methyl/N-ethyl adjacent to an activating group) is 1. The highest BCUT2D eigenvalue weighted by Gasteiger charge is 2.37. The van der Waals surface area contributed by atoms with Gasteiger partial charge in [-0.2, -0.15) is 0 Å². The van der Waals surface area contributed by atoms with E-state index in [1.807, 2.05) is 61.5 Å². The summed E-state index contributed by atoms with van der Waals surface area (Å²) in [6.07, 6.45) is 0. The standard InChI is InChI=1S/C19H17NO3S/c1-3-23-14-11-9-13(10-12-14)16-17(19(22)20(2)18(16)21)24-15-7-5-4-6-8-15/h4-12H,3H2,1-2H3. The van der Waals surface area contributed by atoms with Gasteiger partial charge < -0.3 is 4.74 Å². The predicted octanol–water partition coefficient (Wildman–Crippen LogP) is 3.59. The Labute approximate surface area is 145 Å². The highest BCUT2D eigenvalue weighted by Crippen LogP contribution is 2.39. The van der Waals surface area contributed by atoms with Crippen LogP contribution in [0.25, 0.3) is 5.57 Å². The van der Waals surface area contributed by atoms with Crippen LogP contribution >= 0.6 is 11.8 Å². The van der Waals surface area contributed by atoms with Gasteiger partial charge in [0, 0.05) is 11.9 Å². The van der Waals surface area contributed by atoms with E-state index in [2.05, 4.69) is 0 Å². The fourth-order valence-electron chi connectivity index (χ4n) is 2.46. The molecule has 0 bridgehead atoms. The lowest BCUT2D eigenvalue weighted by molar-refractivity contribution is -0.134. The monoisotopic (exact) mass is 339 g/mol. The average molecular weight is 339 g/mol. The number of hydrogen-bond acceptors (Lipinski definition) is 4. The predicted molar refractivity (Wildman–Crippen MR) is 94.6 cm³/mol. The number of imide groups is 1. The highest BCUT2D eigenvalue weighted by atomic mass is 32.2. The van der Waals surface area contributed by atoms with Crippen LogP contribution in [0.2, 0.25) is 0 Å². The normalized spacial score (nSPS) is 14.5. The van der Waals surface area contributed by atoms with Crippen LogP contribution in [0.4, 0.5) is 0 Å². The first-order valence-corrected chi connectivity index (χ1v) is 8.46. The maximum Gasteiger partial charge on any atom is 0.268 e. The van der Waals surface area contributed by atoms with Gasteiger partial charge in [-0.3, -0.25) is 14.5 Å². The molecule has 2 aromatic carbocycles. The number of thioether (sulfide) groups is 1. The number of rotatable bonds is 5. The first-order valence-electron chi connectivity index (χ1n) is 7.64. The lowest BCUT2D eigenvalue weighted by Gasteiger charge is -2.07. The fraction of sp³-hybridized carbons (Fsp3) is 0.158. The van der Waals surface area contributed by atoms with Crippen molar-refractivity contribution < 1.29 is 14.3 Å². The molecule has 122 valence electrons. The van der Waals surface area contributed by atoms with Crippen molar-refractivity contribution in [3.63, 3.8) is 0 Å². The zero-order valence-electron chi connectivity index (χ0n) is 13.5. The van der Waals surface area contributed by atoms with Crippen LogP contribution in [0.3, 0.4) is 0 Å². The van der Waals surface area contributed by atoms with Crippen molar-refractivity contribution in [1.29, 1.82) is 0 Å². The summed E-state index contributed by atoms with van der Waals surface area (Å²) in [6.45, 7) is 2.50. The van der Waals surface area contributed by atoms with Crippen molar-refractivity contribution in [2.45, 2.75) is 11.8 Å². The highest BCUT2D eigenvalue weighted by molar-refractivity contribution is 8.04. The van der Waals surface area contributed by atoms with Crippen LogP contribution in [-0.2, 0) is 9.59 Å². The molecule has 4 nitrogen and oxygen atoms in total. The molecule has 1 aliphatic rings. The molecule has 2 amide bonds. The molecule has 0 N–H and O–H groups in total. The molecule has 0 atom stereocenters. The van der Waals surface area contributed by atoms with E-state index in [0.29, 0.717) is 17.1 Å². The summed E-state index contributed by atoms with van der Waals surface area (Å²) >= 11 is 1.32. The van der Waals surface area contributed by atoms with E-state index in [1.54, 1.807) is 0 Å². The van der Waals surface area contributed by atoms with E-state index in [-0.39, 0.29) is 11.8 Å². The molecule has 0 spiro atoms. The first kappa shape index (κ1) is 16.3. The largest absolute Gasteiger partial charge is 0.494 e. The Kier molecular flexibility index (Phi) is 4.71. The summed E-state index contributed by atoms with van der Waals surface area (Å²) in [5.74, 6) is 0.199. The topological polar surface area (TPSA) is 46.6 Å². The van der Waals surface area contributed by atoms with Gasteiger partial charge in [0.15, 0.2) is 0 Å². The van der Waals surface area contributed by atoms with Crippen LogP contribution in [0.5, 0.6) is 5.75 Å². The Hall–Kier alpha value is -2.53. The van der Waals surface area contributed by atoms with E-state index in [1.165, 1.54) is 18.8 Å². The Bertz CT molecular complexity index is 797. The number of benzene rings is 2. The van der Waals surface area contributed by atoms with Crippen LogP contribution in [0, 0.1) is 0 Å². The summed E-state index contributed by atoms with van der Waals surface area (Å²) in [6, 6.07) is 16.8. The minimum Gasteiger partial charge on any atom is -0.494 e. The van der Waals surface area contributed by atoms with Crippen molar-refractivity contribution in [1.82, 2.24) is 4.90 Å². The van der Waals surface area contributed by atoms with Crippen LogP contribution < -0.4 is 4.74 Å². The lowest BCUT2D eigenvalue weighted by Crippen LogP contribution is -2.26. The molecule has 0 aliphatic carbocycles. The average Bonchev–Trinajstić information content (AvgIpc) is 2.81. The third-order valence-electron chi connectivity index (χ3n) is 3.66. The molecule has 1 aliphatic heterocycles. The molecule has 0 saturated carbocycles. The number of ether oxygens (including phenoxy) is 1. The van der Waals surface area contributed by atoms with Gasteiger partial charge in [0.05, 0.1) is 17.1 Å². The molecule has 24 heavy (non-hydrogen) atoms. The molecule has 0 fully saturated rings. The van der Waals surface area contributed by atoms with Crippen molar-refractivity contribution in [3.8, 4) is 5.75 Å². The van der Waals surface area contributed by atoms with E-state index >= 15 is 0 Å². The van der Waals surface area contributed by atoms with E-state index in [9.17, 15) is 9.59 Å². The van der Waals surface area contributed by atoms with Crippen molar-refractivity contribution in [2.75, 3.05) is 13.7 Å². The summed E-state index contributed by atoms with van der Waals surface area (Å²) < 4.78 is 5.43. The maximum absolute atomic E-state index is 12.5. The van der Waals surface area contributed by atoms with Gasteiger partial charge in [-0.25, -0.2) is 0 Å². The third kappa shape index (κ3) is 3.08. The molecular formula is C19H17NO3S. The third-order valence-corrected chi connectivity index (χ3v) is 4.75. The molecule has 2 aromatic rings. The molecule has 0 radical (unpaired) electrons.